The Hall–Kier alpha value is -2.22. The summed E-state index contributed by atoms with van der Waals surface area (Å²) in [5.41, 5.74) is 5.99. The number of sulfonamides is 1. The lowest BCUT2D eigenvalue weighted by atomic mass is 10.3. The molecule has 0 aliphatic rings. The van der Waals surface area contributed by atoms with Crippen molar-refractivity contribution in [2.75, 3.05) is 17.6 Å². The number of rotatable bonds is 4. The molecule has 2 rings (SSSR count). The fraction of sp³-hybridized carbons (Fsp3) is 0.100. The molecule has 18 heavy (non-hydrogen) atoms. The maximum absolute atomic E-state index is 12.1. The second-order valence-corrected chi connectivity index (χ2v) is 5.14. The molecule has 0 amide bonds. The first-order valence-corrected chi connectivity index (χ1v) is 6.47. The van der Waals surface area contributed by atoms with Gasteiger partial charge in [-0.25, -0.2) is 8.42 Å². The highest BCUT2D eigenvalue weighted by Gasteiger charge is 2.20. The lowest BCUT2D eigenvalue weighted by Crippen LogP contribution is -2.14. The van der Waals surface area contributed by atoms with Gasteiger partial charge in [0.15, 0.2) is 0 Å². The molecule has 0 aliphatic heterocycles. The summed E-state index contributed by atoms with van der Waals surface area (Å²) in [5.74, 6) is 0.455. The first-order chi connectivity index (χ1) is 8.53. The molecule has 1 aromatic carbocycles. The third-order valence-electron chi connectivity index (χ3n) is 2.22. The summed E-state index contributed by atoms with van der Waals surface area (Å²) in [4.78, 5) is 0.00815. The van der Waals surface area contributed by atoms with E-state index >= 15 is 0 Å². The normalized spacial score (nSPS) is 11.2. The average Bonchev–Trinajstić information content (AvgIpc) is 2.80. The minimum Gasteiger partial charge on any atom is -0.495 e. The number of aromatic amines is 1. The van der Waals surface area contributed by atoms with Crippen LogP contribution in [0.15, 0.2) is 35.4 Å². The largest absolute Gasteiger partial charge is 0.495 e. The number of ether oxygens (including phenoxy) is 1. The van der Waals surface area contributed by atoms with E-state index in [9.17, 15) is 8.42 Å². The molecule has 2 aromatic rings. The predicted molar refractivity (Wildman–Crippen MR) is 66.8 cm³/mol. The van der Waals surface area contributed by atoms with E-state index in [4.69, 9.17) is 10.5 Å². The van der Waals surface area contributed by atoms with Crippen molar-refractivity contribution < 1.29 is 13.2 Å². The van der Waals surface area contributed by atoms with E-state index in [1.54, 1.807) is 0 Å². The first-order valence-electron chi connectivity index (χ1n) is 4.98. The minimum atomic E-state index is -3.74. The fourth-order valence-corrected chi connectivity index (χ4v) is 2.59. The van der Waals surface area contributed by atoms with Crippen molar-refractivity contribution in [3.63, 3.8) is 0 Å². The van der Waals surface area contributed by atoms with Gasteiger partial charge < -0.3 is 10.5 Å². The zero-order chi connectivity index (χ0) is 13.2. The summed E-state index contributed by atoms with van der Waals surface area (Å²) in [6.45, 7) is 0. The Morgan fingerprint density at radius 1 is 1.39 bits per heavy atom. The van der Waals surface area contributed by atoms with Gasteiger partial charge in [-0.05, 0) is 12.1 Å². The Morgan fingerprint density at radius 2 is 2.17 bits per heavy atom. The van der Waals surface area contributed by atoms with Gasteiger partial charge in [-0.15, -0.1) is 0 Å². The van der Waals surface area contributed by atoms with Gasteiger partial charge in [0, 0.05) is 17.8 Å². The number of hydrogen-bond acceptors (Lipinski definition) is 5. The van der Waals surface area contributed by atoms with Crippen molar-refractivity contribution >= 4 is 21.5 Å². The maximum atomic E-state index is 12.1. The van der Waals surface area contributed by atoms with Crippen LogP contribution in [0.5, 0.6) is 5.75 Å². The number of nitrogens with two attached hydrogens (primary N) is 1. The van der Waals surface area contributed by atoms with Gasteiger partial charge in [-0.3, -0.25) is 9.82 Å². The molecule has 0 unspecified atom stereocenters. The van der Waals surface area contributed by atoms with Crippen molar-refractivity contribution in [2.45, 2.75) is 4.90 Å². The highest BCUT2D eigenvalue weighted by molar-refractivity contribution is 7.92. The molecule has 4 N–H and O–H groups in total. The van der Waals surface area contributed by atoms with Crippen molar-refractivity contribution in [1.82, 2.24) is 10.2 Å². The van der Waals surface area contributed by atoms with Crippen molar-refractivity contribution in [3.8, 4) is 5.75 Å². The molecular weight excluding hydrogens is 256 g/mol. The molecule has 0 saturated heterocycles. The summed E-state index contributed by atoms with van der Waals surface area (Å²) in [7, 11) is -2.37. The van der Waals surface area contributed by atoms with Crippen LogP contribution in [-0.4, -0.2) is 25.7 Å². The van der Waals surface area contributed by atoms with Gasteiger partial charge in [0.25, 0.3) is 10.0 Å². The standard InChI is InChI=1S/C10H12N4O3S/c1-17-8-6-7(11)2-3-9(8)18(15,16)14-10-4-5-12-13-10/h2-6H,11H2,1H3,(H2,12,13,14). The quantitative estimate of drug-likeness (QED) is 0.710. The number of benzene rings is 1. The number of nitrogen functional groups attached to an aromatic ring is 1. The summed E-state index contributed by atoms with van der Waals surface area (Å²) in [6, 6.07) is 5.82. The zero-order valence-electron chi connectivity index (χ0n) is 9.54. The highest BCUT2D eigenvalue weighted by atomic mass is 32.2. The van der Waals surface area contributed by atoms with E-state index < -0.39 is 10.0 Å². The summed E-state index contributed by atoms with van der Waals surface area (Å²) in [6.07, 6.45) is 1.44. The highest BCUT2D eigenvalue weighted by Crippen LogP contribution is 2.27. The van der Waals surface area contributed by atoms with Crippen LogP contribution in [0.1, 0.15) is 0 Å². The number of nitrogens with zero attached hydrogens (tertiary/aromatic N) is 1. The maximum Gasteiger partial charge on any atom is 0.266 e. The fourth-order valence-electron chi connectivity index (χ4n) is 1.42. The number of methoxy groups -OCH3 is 1. The summed E-state index contributed by atoms with van der Waals surface area (Å²) >= 11 is 0. The molecule has 0 radical (unpaired) electrons. The van der Waals surface area contributed by atoms with Gasteiger partial charge in [-0.2, -0.15) is 5.10 Å². The van der Waals surface area contributed by atoms with E-state index in [1.807, 2.05) is 0 Å². The van der Waals surface area contributed by atoms with Crippen LogP contribution in [-0.2, 0) is 10.0 Å². The number of H-pyrrole nitrogens is 1. The number of hydrogen-bond donors (Lipinski definition) is 3. The Kier molecular flexibility index (Phi) is 3.11. The zero-order valence-corrected chi connectivity index (χ0v) is 10.4. The second kappa shape index (κ2) is 4.57. The molecular formula is C10H12N4O3S. The van der Waals surface area contributed by atoms with E-state index in [2.05, 4.69) is 14.9 Å². The monoisotopic (exact) mass is 268 g/mol. The van der Waals surface area contributed by atoms with Crippen LogP contribution in [0.4, 0.5) is 11.5 Å². The van der Waals surface area contributed by atoms with Gasteiger partial charge in [-0.1, -0.05) is 0 Å². The van der Waals surface area contributed by atoms with Crippen molar-refractivity contribution in [1.29, 1.82) is 0 Å². The van der Waals surface area contributed by atoms with Crippen molar-refractivity contribution in [2.24, 2.45) is 0 Å². The summed E-state index contributed by atoms with van der Waals surface area (Å²) < 4.78 is 31.6. The lowest BCUT2D eigenvalue weighted by molar-refractivity contribution is 0.403. The van der Waals surface area contributed by atoms with Crippen LogP contribution in [0.2, 0.25) is 0 Å². The third kappa shape index (κ3) is 2.38. The van der Waals surface area contributed by atoms with Gasteiger partial charge in [0.2, 0.25) is 0 Å². The molecule has 96 valence electrons. The van der Waals surface area contributed by atoms with Gasteiger partial charge in [0.1, 0.15) is 16.5 Å². The molecule has 0 fully saturated rings. The molecule has 8 heteroatoms. The van der Waals surface area contributed by atoms with Crippen LogP contribution in [0.3, 0.4) is 0 Å². The molecule has 1 aromatic heterocycles. The average molecular weight is 268 g/mol. The van der Waals surface area contributed by atoms with Crippen molar-refractivity contribution in [3.05, 3.63) is 30.5 Å². The van der Waals surface area contributed by atoms with E-state index in [-0.39, 0.29) is 16.5 Å². The first kappa shape index (κ1) is 12.2. The van der Waals surface area contributed by atoms with E-state index in [0.29, 0.717) is 5.69 Å². The third-order valence-corrected chi connectivity index (χ3v) is 3.63. The lowest BCUT2D eigenvalue weighted by Gasteiger charge is -2.10. The number of anilines is 2. The number of nitrogens with one attached hydrogen (secondary N) is 2. The molecule has 7 nitrogen and oxygen atoms in total. The molecule has 1 heterocycles. The van der Waals surface area contributed by atoms with E-state index in [0.717, 1.165) is 0 Å². The Balaban J connectivity index is 2.41. The van der Waals surface area contributed by atoms with Gasteiger partial charge >= 0.3 is 0 Å². The Bertz CT molecular complexity index is 637. The minimum absolute atomic E-state index is 0.00815. The van der Waals surface area contributed by atoms with Crippen LogP contribution >= 0.6 is 0 Å². The van der Waals surface area contributed by atoms with E-state index in [1.165, 1.54) is 37.6 Å². The SMILES string of the molecule is COc1cc(N)ccc1S(=O)(=O)Nc1ccn[nH]1. The molecule has 0 spiro atoms. The number of aromatic nitrogens is 2. The topological polar surface area (TPSA) is 110 Å². The van der Waals surface area contributed by atoms with Crippen LogP contribution < -0.4 is 15.2 Å². The van der Waals surface area contributed by atoms with Gasteiger partial charge in [0.05, 0.1) is 13.3 Å². The predicted octanol–water partition coefficient (Wildman–Crippen LogP) is 0.801. The Morgan fingerprint density at radius 3 is 2.78 bits per heavy atom. The second-order valence-electron chi connectivity index (χ2n) is 3.49. The Labute approximate surface area is 104 Å². The molecule has 0 saturated carbocycles. The molecule has 0 bridgehead atoms. The van der Waals surface area contributed by atoms with Crippen LogP contribution in [0.25, 0.3) is 0 Å². The molecule has 0 aliphatic carbocycles. The van der Waals surface area contributed by atoms with Crippen LogP contribution in [0, 0.1) is 0 Å². The summed E-state index contributed by atoms with van der Waals surface area (Å²) in [5, 5.41) is 6.16. The molecule has 0 atom stereocenters. The smallest absolute Gasteiger partial charge is 0.266 e.